The maximum Gasteiger partial charge on any atom is 0.326 e. The Morgan fingerprint density at radius 1 is 1.42 bits per heavy atom. The summed E-state index contributed by atoms with van der Waals surface area (Å²) in [6.07, 6.45) is 0.359. The van der Waals surface area contributed by atoms with E-state index in [4.69, 9.17) is 28.3 Å². The van der Waals surface area contributed by atoms with Crippen molar-refractivity contribution in [2.75, 3.05) is 6.54 Å². The van der Waals surface area contributed by atoms with Crippen LogP contribution in [-0.4, -0.2) is 50.7 Å². The third-order valence-corrected chi connectivity index (χ3v) is 3.39. The predicted octanol–water partition coefficient (Wildman–Crippen LogP) is 1.05. The van der Waals surface area contributed by atoms with E-state index in [-0.39, 0.29) is 28.7 Å². The van der Waals surface area contributed by atoms with Gasteiger partial charge in [-0.1, -0.05) is 23.2 Å². The van der Waals surface area contributed by atoms with E-state index in [1.54, 1.807) is 0 Å². The molecule has 0 bridgehead atoms. The van der Waals surface area contributed by atoms with Gasteiger partial charge in [-0.2, -0.15) is 0 Å². The van der Waals surface area contributed by atoms with Crippen molar-refractivity contribution >= 4 is 35.1 Å². The van der Waals surface area contributed by atoms with E-state index in [0.717, 1.165) is 4.90 Å². The highest BCUT2D eigenvalue weighted by Crippen LogP contribution is 2.25. The predicted molar refractivity (Wildman–Crippen MR) is 67.3 cm³/mol. The first-order chi connectivity index (χ1) is 8.90. The molecule has 1 aliphatic rings. The van der Waals surface area contributed by atoms with Gasteiger partial charge in [0.2, 0.25) is 0 Å². The van der Waals surface area contributed by atoms with Crippen LogP contribution in [0.2, 0.25) is 10.2 Å². The molecule has 6 nitrogen and oxygen atoms in total. The first-order valence-corrected chi connectivity index (χ1v) is 6.18. The van der Waals surface area contributed by atoms with Crippen molar-refractivity contribution in [3.05, 3.63) is 28.0 Å². The molecule has 2 N–H and O–H groups in total. The highest BCUT2D eigenvalue weighted by molar-refractivity contribution is 6.35. The summed E-state index contributed by atoms with van der Waals surface area (Å²) in [6.45, 7) is -0.0495. The zero-order chi connectivity index (χ0) is 14.2. The molecule has 2 rings (SSSR count). The summed E-state index contributed by atoms with van der Waals surface area (Å²) in [7, 11) is 0. The van der Waals surface area contributed by atoms with Crippen molar-refractivity contribution in [1.29, 1.82) is 0 Å². The Labute approximate surface area is 118 Å². The summed E-state index contributed by atoms with van der Waals surface area (Å²) in [4.78, 5) is 28.1. The summed E-state index contributed by atoms with van der Waals surface area (Å²) in [5.41, 5.74) is 0.0713. The van der Waals surface area contributed by atoms with Crippen LogP contribution in [0.5, 0.6) is 0 Å². The van der Waals surface area contributed by atoms with Crippen molar-refractivity contribution in [2.45, 2.75) is 18.6 Å². The topological polar surface area (TPSA) is 90.7 Å². The summed E-state index contributed by atoms with van der Waals surface area (Å²) >= 11 is 11.5. The van der Waals surface area contributed by atoms with Gasteiger partial charge >= 0.3 is 5.97 Å². The number of amides is 1. The number of hydrogen-bond donors (Lipinski definition) is 2. The average molecular weight is 305 g/mol. The molecule has 102 valence electrons. The number of hydrogen-bond acceptors (Lipinski definition) is 4. The van der Waals surface area contributed by atoms with Crippen molar-refractivity contribution in [1.82, 2.24) is 9.88 Å². The highest BCUT2D eigenvalue weighted by Gasteiger charge is 2.39. The molecule has 0 unspecified atom stereocenters. The van der Waals surface area contributed by atoms with Crippen LogP contribution in [0.3, 0.4) is 0 Å². The van der Waals surface area contributed by atoms with E-state index in [1.807, 2.05) is 0 Å². The fourth-order valence-electron chi connectivity index (χ4n) is 2.00. The molecule has 2 atom stereocenters. The summed E-state index contributed by atoms with van der Waals surface area (Å²) in [5, 5.41) is 18.7. The summed E-state index contributed by atoms with van der Waals surface area (Å²) in [5.74, 6) is -1.75. The number of nitrogens with zero attached hydrogens (tertiary/aromatic N) is 2. The molecule has 1 saturated heterocycles. The SMILES string of the molecule is O=C(O)[C@@H]1C[C@@H](O)CN1C(=O)c1cc(Cl)ncc1Cl. The first-order valence-electron chi connectivity index (χ1n) is 5.43. The molecule has 1 fully saturated rings. The summed E-state index contributed by atoms with van der Waals surface area (Å²) < 4.78 is 0. The monoisotopic (exact) mass is 304 g/mol. The minimum atomic E-state index is -1.17. The van der Waals surface area contributed by atoms with Gasteiger partial charge in [0.1, 0.15) is 11.2 Å². The molecule has 2 heterocycles. The van der Waals surface area contributed by atoms with Crippen LogP contribution in [0.1, 0.15) is 16.8 Å². The lowest BCUT2D eigenvalue weighted by atomic mass is 10.2. The van der Waals surface area contributed by atoms with Gasteiger partial charge in [-0.3, -0.25) is 4.79 Å². The Hall–Kier alpha value is -1.37. The van der Waals surface area contributed by atoms with Crippen LogP contribution < -0.4 is 0 Å². The Morgan fingerprint density at radius 2 is 2.11 bits per heavy atom. The number of carboxylic acid groups (broad SMARTS) is 1. The van der Waals surface area contributed by atoms with Gasteiger partial charge < -0.3 is 15.1 Å². The second-order valence-corrected chi connectivity index (χ2v) is 4.98. The Kier molecular flexibility index (Phi) is 3.93. The molecule has 0 radical (unpaired) electrons. The number of carbonyl (C=O) groups is 2. The number of aromatic nitrogens is 1. The molecule has 1 aliphatic heterocycles. The standard InChI is InChI=1S/C11H10Cl2N2O4/c12-7-3-14-9(13)2-6(7)10(17)15-4-5(16)1-8(15)11(18)19/h2-3,5,8,16H,1,4H2,(H,18,19)/t5-,8+/m1/s1. The van der Waals surface area contributed by atoms with Crippen LogP contribution in [0, 0.1) is 0 Å². The van der Waals surface area contributed by atoms with Gasteiger partial charge in [0.25, 0.3) is 5.91 Å². The lowest BCUT2D eigenvalue weighted by Gasteiger charge is -2.21. The van der Waals surface area contributed by atoms with Crippen molar-refractivity contribution in [2.24, 2.45) is 0 Å². The number of rotatable bonds is 2. The largest absolute Gasteiger partial charge is 0.480 e. The third-order valence-electron chi connectivity index (χ3n) is 2.88. The smallest absolute Gasteiger partial charge is 0.326 e. The molecule has 0 aromatic carbocycles. The summed E-state index contributed by atoms with van der Waals surface area (Å²) in [6, 6.07) is 0.209. The maximum absolute atomic E-state index is 12.3. The third kappa shape index (κ3) is 2.80. The van der Waals surface area contributed by atoms with Gasteiger partial charge in [-0.05, 0) is 6.07 Å². The number of halogens is 2. The molecular weight excluding hydrogens is 295 g/mol. The highest BCUT2D eigenvalue weighted by atomic mass is 35.5. The first kappa shape index (κ1) is 14.0. The number of aliphatic hydroxyl groups is 1. The van der Waals surface area contributed by atoms with Crippen molar-refractivity contribution in [3.8, 4) is 0 Å². The molecule has 1 amide bonds. The number of β-amino-alcohol motifs (C(OH)–C–C–N with tert-alkyl or cyclic N) is 1. The molecular formula is C11H10Cl2N2O4. The number of pyridine rings is 1. The lowest BCUT2D eigenvalue weighted by Crippen LogP contribution is -2.40. The molecule has 8 heteroatoms. The normalized spacial score (nSPS) is 22.6. The molecule has 19 heavy (non-hydrogen) atoms. The minimum Gasteiger partial charge on any atom is -0.480 e. The van der Waals surface area contributed by atoms with Crippen LogP contribution >= 0.6 is 23.2 Å². The van der Waals surface area contributed by atoms with E-state index in [9.17, 15) is 14.7 Å². The quantitative estimate of drug-likeness (QED) is 0.797. The lowest BCUT2D eigenvalue weighted by molar-refractivity contribution is -0.141. The number of aliphatic carboxylic acids is 1. The number of carboxylic acids is 1. The fourth-order valence-corrected chi connectivity index (χ4v) is 2.35. The molecule has 0 aliphatic carbocycles. The van der Waals surface area contributed by atoms with E-state index < -0.39 is 24.0 Å². The van der Waals surface area contributed by atoms with Gasteiger partial charge in [-0.15, -0.1) is 0 Å². The van der Waals surface area contributed by atoms with Crippen LogP contribution in [-0.2, 0) is 4.79 Å². The minimum absolute atomic E-state index is 0.00247. The second kappa shape index (κ2) is 5.32. The maximum atomic E-state index is 12.3. The van der Waals surface area contributed by atoms with E-state index >= 15 is 0 Å². The van der Waals surface area contributed by atoms with Crippen LogP contribution in [0.4, 0.5) is 0 Å². The second-order valence-electron chi connectivity index (χ2n) is 4.19. The fraction of sp³-hybridized carbons (Fsp3) is 0.364. The Bertz CT molecular complexity index is 537. The molecule has 1 aromatic rings. The van der Waals surface area contributed by atoms with Gasteiger partial charge in [0.15, 0.2) is 0 Å². The number of likely N-dealkylation sites (tertiary alicyclic amines) is 1. The Balaban J connectivity index is 2.33. The zero-order valence-electron chi connectivity index (χ0n) is 9.58. The van der Waals surface area contributed by atoms with Gasteiger partial charge in [0.05, 0.1) is 16.7 Å². The number of carbonyl (C=O) groups excluding carboxylic acids is 1. The van der Waals surface area contributed by atoms with E-state index in [2.05, 4.69) is 4.98 Å². The molecule has 0 saturated carbocycles. The van der Waals surface area contributed by atoms with E-state index in [0.29, 0.717) is 0 Å². The van der Waals surface area contributed by atoms with Gasteiger partial charge in [0, 0.05) is 19.2 Å². The van der Waals surface area contributed by atoms with Crippen LogP contribution in [0.25, 0.3) is 0 Å². The zero-order valence-corrected chi connectivity index (χ0v) is 11.1. The number of aliphatic hydroxyl groups excluding tert-OH is 1. The Morgan fingerprint density at radius 3 is 2.74 bits per heavy atom. The molecule has 1 aromatic heterocycles. The van der Waals surface area contributed by atoms with Crippen molar-refractivity contribution < 1.29 is 19.8 Å². The average Bonchev–Trinajstić information content (AvgIpc) is 2.74. The molecule has 0 spiro atoms. The van der Waals surface area contributed by atoms with Gasteiger partial charge in [-0.25, -0.2) is 9.78 Å². The van der Waals surface area contributed by atoms with E-state index in [1.165, 1.54) is 12.3 Å². The van der Waals surface area contributed by atoms with Crippen molar-refractivity contribution in [3.63, 3.8) is 0 Å². The van der Waals surface area contributed by atoms with Crippen LogP contribution in [0.15, 0.2) is 12.3 Å².